The first-order valence-electron chi connectivity index (χ1n) is 6.47. The molecule has 1 fully saturated rings. The fraction of sp³-hybridized carbons (Fsp3) is 0.692. The number of sulfonamides is 1. The van der Waals surface area contributed by atoms with Crippen LogP contribution in [0.5, 0.6) is 0 Å². The van der Waals surface area contributed by atoms with Crippen LogP contribution in [0.3, 0.4) is 0 Å². The Kier molecular flexibility index (Phi) is 4.26. The largest absolute Gasteiger partial charge is 0.304 e. The SMILES string of the molecule is CN1CCN(S(=O)(=O)C2C=CC(Br)=CC2(C)C)CC1. The van der Waals surface area contributed by atoms with Gasteiger partial charge < -0.3 is 4.90 Å². The molecule has 0 radical (unpaired) electrons. The lowest BCUT2D eigenvalue weighted by molar-refractivity contribution is 0.219. The van der Waals surface area contributed by atoms with E-state index in [9.17, 15) is 8.42 Å². The third-order valence-electron chi connectivity index (χ3n) is 3.82. The van der Waals surface area contributed by atoms with Crippen LogP contribution >= 0.6 is 15.9 Å². The van der Waals surface area contributed by atoms with Crippen LogP contribution in [0, 0.1) is 5.41 Å². The number of halogens is 1. The maximum atomic E-state index is 12.8. The highest BCUT2D eigenvalue weighted by Crippen LogP contribution is 2.37. The molecular weight excluding hydrogens is 328 g/mol. The number of rotatable bonds is 2. The fourth-order valence-corrected chi connectivity index (χ4v) is 5.45. The lowest BCUT2D eigenvalue weighted by Crippen LogP contribution is -2.52. The quantitative estimate of drug-likeness (QED) is 0.764. The molecule has 19 heavy (non-hydrogen) atoms. The molecule has 6 heteroatoms. The summed E-state index contributed by atoms with van der Waals surface area (Å²) in [4.78, 5) is 2.16. The van der Waals surface area contributed by atoms with Crippen molar-refractivity contribution in [3.63, 3.8) is 0 Å². The Labute approximate surface area is 124 Å². The molecule has 2 rings (SSSR count). The Morgan fingerprint density at radius 2 is 1.84 bits per heavy atom. The van der Waals surface area contributed by atoms with Crippen LogP contribution in [0.2, 0.25) is 0 Å². The van der Waals surface area contributed by atoms with Crippen LogP contribution in [0.1, 0.15) is 13.8 Å². The fourth-order valence-electron chi connectivity index (χ4n) is 2.60. The molecule has 0 aromatic rings. The number of nitrogens with zero attached hydrogens (tertiary/aromatic N) is 2. The maximum Gasteiger partial charge on any atom is 0.221 e. The second-order valence-corrected chi connectivity index (χ2v) is 8.85. The molecule has 4 nitrogen and oxygen atoms in total. The standard InChI is InChI=1S/C13H21BrN2O2S/c1-13(2)10-11(14)4-5-12(13)19(17,18)16-8-6-15(3)7-9-16/h4-5,10,12H,6-9H2,1-3H3. The summed E-state index contributed by atoms with van der Waals surface area (Å²) in [5, 5.41) is -0.482. The van der Waals surface area contributed by atoms with Crippen molar-refractivity contribution in [3.05, 3.63) is 22.7 Å². The van der Waals surface area contributed by atoms with Crippen LogP contribution in [-0.2, 0) is 10.0 Å². The minimum atomic E-state index is -3.29. The van der Waals surface area contributed by atoms with Crippen molar-refractivity contribution >= 4 is 26.0 Å². The zero-order valence-electron chi connectivity index (χ0n) is 11.6. The van der Waals surface area contributed by atoms with E-state index in [0.717, 1.165) is 17.6 Å². The number of hydrogen-bond donors (Lipinski definition) is 0. The second-order valence-electron chi connectivity index (χ2n) is 5.88. The Hall–Kier alpha value is -0.170. The van der Waals surface area contributed by atoms with E-state index in [-0.39, 0.29) is 0 Å². The number of likely N-dealkylation sites (N-methyl/N-ethyl adjacent to an activating group) is 1. The molecule has 108 valence electrons. The summed E-state index contributed by atoms with van der Waals surface area (Å²) in [6.45, 7) is 6.71. The van der Waals surface area contributed by atoms with E-state index >= 15 is 0 Å². The van der Waals surface area contributed by atoms with E-state index in [4.69, 9.17) is 0 Å². The number of allylic oxidation sites excluding steroid dienone is 3. The molecule has 2 aliphatic rings. The highest BCUT2D eigenvalue weighted by Gasteiger charge is 2.41. The van der Waals surface area contributed by atoms with Crippen molar-refractivity contribution in [3.8, 4) is 0 Å². The van der Waals surface area contributed by atoms with E-state index in [0.29, 0.717) is 13.1 Å². The first kappa shape index (κ1) is 15.2. The lowest BCUT2D eigenvalue weighted by atomic mass is 9.86. The Morgan fingerprint density at radius 1 is 1.26 bits per heavy atom. The average Bonchev–Trinajstić information content (AvgIpc) is 2.27. The van der Waals surface area contributed by atoms with Crippen LogP contribution in [0.15, 0.2) is 22.7 Å². The van der Waals surface area contributed by atoms with E-state index in [1.165, 1.54) is 0 Å². The molecule has 0 saturated carbocycles. The number of piperazine rings is 1. The molecule has 1 heterocycles. The molecule has 0 aromatic heterocycles. The van der Waals surface area contributed by atoms with Gasteiger partial charge in [0, 0.05) is 36.1 Å². The van der Waals surface area contributed by atoms with Crippen molar-refractivity contribution in [2.24, 2.45) is 5.41 Å². The predicted molar refractivity (Wildman–Crippen MR) is 81.7 cm³/mol. The van der Waals surface area contributed by atoms with Gasteiger partial charge in [0.25, 0.3) is 0 Å². The van der Waals surface area contributed by atoms with E-state index in [2.05, 4.69) is 20.8 Å². The summed E-state index contributed by atoms with van der Waals surface area (Å²) in [7, 11) is -1.26. The second kappa shape index (κ2) is 5.31. The molecule has 1 atom stereocenters. The molecule has 0 N–H and O–H groups in total. The van der Waals surface area contributed by atoms with Gasteiger partial charge in [-0.05, 0) is 7.05 Å². The smallest absolute Gasteiger partial charge is 0.221 e. The van der Waals surface area contributed by atoms with Gasteiger partial charge in [0.1, 0.15) is 5.25 Å². The first-order chi connectivity index (χ1) is 8.73. The molecule has 1 aliphatic heterocycles. The highest BCUT2D eigenvalue weighted by atomic mass is 79.9. The Balaban J connectivity index is 2.23. The minimum absolute atomic E-state index is 0.393. The molecule has 1 unspecified atom stereocenters. The van der Waals surface area contributed by atoms with Gasteiger partial charge >= 0.3 is 0 Å². The molecule has 0 spiro atoms. The molecule has 0 amide bonds. The normalized spacial score (nSPS) is 29.3. The topological polar surface area (TPSA) is 40.6 Å². The summed E-state index contributed by atoms with van der Waals surface area (Å²) in [5.41, 5.74) is -0.393. The van der Waals surface area contributed by atoms with Crippen LogP contribution in [0.4, 0.5) is 0 Å². The average molecular weight is 349 g/mol. The van der Waals surface area contributed by atoms with Gasteiger partial charge in [-0.25, -0.2) is 8.42 Å². The first-order valence-corrected chi connectivity index (χ1v) is 8.77. The predicted octanol–water partition coefficient (Wildman–Crippen LogP) is 1.81. The molecular formula is C13H21BrN2O2S. The van der Waals surface area contributed by atoms with Gasteiger partial charge in [-0.1, -0.05) is 48.0 Å². The van der Waals surface area contributed by atoms with E-state index in [1.54, 1.807) is 10.4 Å². The zero-order valence-corrected chi connectivity index (χ0v) is 14.0. The zero-order chi connectivity index (χ0) is 14.3. The molecule has 0 bridgehead atoms. The molecule has 0 aromatic carbocycles. The van der Waals surface area contributed by atoms with Gasteiger partial charge in [0.2, 0.25) is 10.0 Å². The van der Waals surface area contributed by atoms with Crippen molar-refractivity contribution < 1.29 is 8.42 Å². The lowest BCUT2D eigenvalue weighted by Gasteiger charge is -2.38. The number of hydrogen-bond acceptors (Lipinski definition) is 3. The van der Waals surface area contributed by atoms with Crippen LogP contribution in [0.25, 0.3) is 0 Å². The van der Waals surface area contributed by atoms with E-state index in [1.807, 2.05) is 33.0 Å². The van der Waals surface area contributed by atoms with Crippen molar-refractivity contribution in [2.75, 3.05) is 33.2 Å². The third kappa shape index (κ3) is 3.12. The van der Waals surface area contributed by atoms with Gasteiger partial charge in [-0.3, -0.25) is 0 Å². The van der Waals surface area contributed by atoms with Gasteiger partial charge in [-0.2, -0.15) is 4.31 Å². The summed E-state index contributed by atoms with van der Waals surface area (Å²) in [6.07, 6.45) is 5.62. The summed E-state index contributed by atoms with van der Waals surface area (Å²) in [5.74, 6) is 0. The maximum absolute atomic E-state index is 12.8. The third-order valence-corrected chi connectivity index (χ3v) is 6.80. The summed E-state index contributed by atoms with van der Waals surface area (Å²) >= 11 is 3.42. The molecule has 1 aliphatic carbocycles. The van der Waals surface area contributed by atoms with Gasteiger partial charge in [0.15, 0.2) is 0 Å². The Morgan fingerprint density at radius 3 is 2.37 bits per heavy atom. The van der Waals surface area contributed by atoms with Crippen LogP contribution < -0.4 is 0 Å². The van der Waals surface area contributed by atoms with Crippen molar-refractivity contribution in [2.45, 2.75) is 19.1 Å². The van der Waals surface area contributed by atoms with Gasteiger partial charge in [-0.15, -0.1) is 0 Å². The minimum Gasteiger partial charge on any atom is -0.304 e. The Bertz CT molecular complexity index is 503. The monoisotopic (exact) mass is 348 g/mol. The summed E-state index contributed by atoms with van der Waals surface area (Å²) < 4.78 is 28.1. The van der Waals surface area contributed by atoms with E-state index < -0.39 is 20.7 Å². The molecule has 1 saturated heterocycles. The van der Waals surface area contributed by atoms with Crippen molar-refractivity contribution in [1.29, 1.82) is 0 Å². The van der Waals surface area contributed by atoms with Gasteiger partial charge in [0.05, 0.1) is 0 Å². The van der Waals surface area contributed by atoms with Crippen molar-refractivity contribution in [1.82, 2.24) is 9.21 Å². The van der Waals surface area contributed by atoms with Crippen LogP contribution in [-0.4, -0.2) is 56.1 Å². The summed E-state index contributed by atoms with van der Waals surface area (Å²) in [6, 6.07) is 0. The highest BCUT2D eigenvalue weighted by molar-refractivity contribution is 9.11.